The molecular formula is C16H10I+. The standard InChI is InChI=1S/C16H10I/c1-2-6-12-11(5-1)9-10-14-13-7-3-4-8-15(13)17-16(12)14/h1-10H/q+1. The molecule has 0 N–H and O–H groups in total. The van der Waals surface area contributed by atoms with Crippen LogP contribution in [0.5, 0.6) is 0 Å². The van der Waals surface area contributed by atoms with Gasteiger partial charge in [0.15, 0.2) is 0 Å². The van der Waals surface area contributed by atoms with Gasteiger partial charge < -0.3 is 0 Å². The normalized spacial score (nSPS) is 12.5. The summed E-state index contributed by atoms with van der Waals surface area (Å²) >= 11 is 0.000572. The lowest BCUT2D eigenvalue weighted by atomic mass is 10.0. The minimum atomic E-state index is 0.000572. The van der Waals surface area contributed by atoms with E-state index >= 15 is 0 Å². The summed E-state index contributed by atoms with van der Waals surface area (Å²) < 4.78 is 3.17. The molecule has 0 fully saturated rings. The van der Waals surface area contributed by atoms with Crippen molar-refractivity contribution >= 4 is 10.8 Å². The van der Waals surface area contributed by atoms with E-state index in [1.165, 1.54) is 21.9 Å². The molecule has 0 nitrogen and oxygen atoms in total. The van der Waals surface area contributed by atoms with Crippen LogP contribution < -0.4 is 21.2 Å². The molecule has 1 aliphatic heterocycles. The summed E-state index contributed by atoms with van der Waals surface area (Å²) in [5.74, 6) is 0. The van der Waals surface area contributed by atoms with Gasteiger partial charge in [0.05, 0.1) is 0 Å². The third-order valence-corrected chi connectivity index (χ3v) is 6.45. The summed E-state index contributed by atoms with van der Waals surface area (Å²) in [6.45, 7) is 0. The zero-order valence-electron chi connectivity index (χ0n) is 9.15. The molecule has 0 saturated heterocycles. The van der Waals surface area contributed by atoms with Crippen molar-refractivity contribution in [3.05, 3.63) is 67.8 Å². The van der Waals surface area contributed by atoms with Crippen LogP contribution in [0.15, 0.2) is 60.7 Å². The summed E-state index contributed by atoms with van der Waals surface area (Å²) in [5, 5.41) is 2.83. The minimum Gasteiger partial charge on any atom is -0.0616 e. The van der Waals surface area contributed by atoms with Crippen LogP contribution in [0.2, 0.25) is 0 Å². The number of benzene rings is 3. The molecule has 1 heteroatoms. The molecule has 0 aromatic heterocycles. The minimum absolute atomic E-state index is 0.000572. The van der Waals surface area contributed by atoms with E-state index in [9.17, 15) is 0 Å². The molecule has 0 amide bonds. The van der Waals surface area contributed by atoms with Gasteiger partial charge in [0.2, 0.25) is 7.14 Å². The zero-order chi connectivity index (χ0) is 11.2. The van der Waals surface area contributed by atoms with Gasteiger partial charge in [-0.25, -0.2) is 0 Å². The van der Waals surface area contributed by atoms with Gasteiger partial charge in [-0.15, -0.1) is 0 Å². The fraction of sp³-hybridized carbons (Fsp3) is 0. The lowest BCUT2D eigenvalue weighted by molar-refractivity contribution is -0.587. The van der Waals surface area contributed by atoms with Crippen molar-refractivity contribution in [1.82, 2.24) is 0 Å². The lowest BCUT2D eigenvalue weighted by Gasteiger charge is -1.98. The monoisotopic (exact) mass is 329 g/mol. The largest absolute Gasteiger partial charge is 0.359 e. The van der Waals surface area contributed by atoms with Crippen molar-refractivity contribution in [2.45, 2.75) is 0 Å². The van der Waals surface area contributed by atoms with Gasteiger partial charge in [0, 0.05) is 16.5 Å². The predicted molar refractivity (Wildman–Crippen MR) is 66.8 cm³/mol. The number of fused-ring (bicyclic) bond motifs is 5. The maximum Gasteiger partial charge on any atom is 0.359 e. The maximum absolute atomic E-state index is 2.29. The summed E-state index contributed by atoms with van der Waals surface area (Å²) in [6.07, 6.45) is 0. The first-order chi connectivity index (χ1) is 8.43. The molecule has 0 atom stereocenters. The van der Waals surface area contributed by atoms with Crippen molar-refractivity contribution in [2.24, 2.45) is 0 Å². The van der Waals surface area contributed by atoms with Gasteiger partial charge in [-0.05, 0) is 29.7 Å². The molecule has 0 saturated carbocycles. The molecule has 80 valence electrons. The Morgan fingerprint density at radius 2 is 1.47 bits per heavy atom. The smallest absolute Gasteiger partial charge is 0.0616 e. The van der Waals surface area contributed by atoms with Crippen molar-refractivity contribution in [3.8, 4) is 11.1 Å². The third-order valence-electron chi connectivity index (χ3n) is 3.22. The highest BCUT2D eigenvalue weighted by Gasteiger charge is 2.34. The van der Waals surface area contributed by atoms with Crippen molar-refractivity contribution in [2.75, 3.05) is 0 Å². The van der Waals surface area contributed by atoms with Gasteiger partial charge in [-0.3, -0.25) is 0 Å². The second-order valence-electron chi connectivity index (χ2n) is 4.22. The SMILES string of the molecule is c1ccc2c(c1)[I+]c1c-2ccc2ccccc12. The van der Waals surface area contributed by atoms with Crippen LogP contribution in [0, 0.1) is 7.14 Å². The lowest BCUT2D eigenvalue weighted by Crippen LogP contribution is -3.61. The first kappa shape index (κ1) is 9.66. The zero-order valence-corrected chi connectivity index (χ0v) is 11.3. The van der Waals surface area contributed by atoms with E-state index in [1.54, 1.807) is 7.14 Å². The fourth-order valence-corrected chi connectivity index (χ4v) is 5.68. The highest BCUT2D eigenvalue weighted by Crippen LogP contribution is 2.27. The number of hydrogen-bond donors (Lipinski definition) is 0. The highest BCUT2D eigenvalue weighted by molar-refractivity contribution is 5.87. The van der Waals surface area contributed by atoms with E-state index in [-0.39, 0.29) is 21.2 Å². The molecule has 17 heavy (non-hydrogen) atoms. The van der Waals surface area contributed by atoms with E-state index in [1.807, 2.05) is 0 Å². The van der Waals surface area contributed by atoms with Gasteiger partial charge in [-0.2, -0.15) is 0 Å². The Labute approximate surface area is 111 Å². The van der Waals surface area contributed by atoms with Crippen LogP contribution in [0.4, 0.5) is 0 Å². The van der Waals surface area contributed by atoms with Crippen LogP contribution >= 0.6 is 0 Å². The highest BCUT2D eigenvalue weighted by atomic mass is 127. The molecule has 0 radical (unpaired) electrons. The first-order valence-corrected chi connectivity index (χ1v) is 7.85. The first-order valence-electron chi connectivity index (χ1n) is 5.69. The Morgan fingerprint density at radius 3 is 2.47 bits per heavy atom. The summed E-state index contributed by atoms with van der Waals surface area (Å²) in [7, 11) is 0. The van der Waals surface area contributed by atoms with E-state index in [0.29, 0.717) is 0 Å². The number of halogens is 1. The summed E-state index contributed by atoms with van der Waals surface area (Å²) in [5.41, 5.74) is 2.92. The van der Waals surface area contributed by atoms with Crippen LogP contribution in [0.3, 0.4) is 0 Å². The Hall–Kier alpha value is -1.35. The van der Waals surface area contributed by atoms with Crippen LogP contribution in [-0.4, -0.2) is 0 Å². The van der Waals surface area contributed by atoms with Crippen LogP contribution in [-0.2, 0) is 0 Å². The Balaban J connectivity index is 2.11. The van der Waals surface area contributed by atoms with E-state index in [2.05, 4.69) is 60.7 Å². The number of rotatable bonds is 0. The molecular weight excluding hydrogens is 319 g/mol. The van der Waals surface area contributed by atoms with E-state index < -0.39 is 0 Å². The Bertz CT molecular complexity index is 728. The summed E-state index contributed by atoms with van der Waals surface area (Å²) in [6, 6.07) is 22.1. The van der Waals surface area contributed by atoms with Gasteiger partial charge in [0.25, 0.3) is 0 Å². The fourth-order valence-electron chi connectivity index (χ4n) is 2.41. The second kappa shape index (κ2) is 3.57. The molecule has 1 heterocycles. The third kappa shape index (κ3) is 1.35. The average molecular weight is 329 g/mol. The molecule has 3 aromatic rings. The van der Waals surface area contributed by atoms with Crippen molar-refractivity contribution < 1.29 is 21.2 Å². The van der Waals surface area contributed by atoms with E-state index in [4.69, 9.17) is 0 Å². The number of hydrogen-bond acceptors (Lipinski definition) is 0. The molecule has 0 spiro atoms. The Morgan fingerprint density at radius 1 is 0.647 bits per heavy atom. The molecule has 4 rings (SSSR count). The van der Waals surface area contributed by atoms with Gasteiger partial charge in [0.1, 0.15) is 0 Å². The average Bonchev–Trinajstić information content (AvgIpc) is 2.78. The Kier molecular flexibility index (Phi) is 2.03. The molecule has 0 bridgehead atoms. The summed E-state index contributed by atoms with van der Waals surface area (Å²) in [4.78, 5) is 0. The van der Waals surface area contributed by atoms with E-state index in [0.717, 1.165) is 0 Å². The molecule has 0 unspecified atom stereocenters. The quantitative estimate of drug-likeness (QED) is 0.422. The van der Waals surface area contributed by atoms with Crippen LogP contribution in [0.1, 0.15) is 0 Å². The molecule has 1 aliphatic rings. The maximum atomic E-state index is 2.29. The van der Waals surface area contributed by atoms with Crippen LogP contribution in [0.25, 0.3) is 21.9 Å². The second-order valence-corrected chi connectivity index (χ2v) is 7.00. The van der Waals surface area contributed by atoms with Crippen molar-refractivity contribution in [3.63, 3.8) is 0 Å². The predicted octanol–water partition coefficient (Wildman–Crippen LogP) is 0.949. The molecule has 3 aromatic carbocycles. The van der Waals surface area contributed by atoms with Gasteiger partial charge in [-0.1, -0.05) is 36.4 Å². The van der Waals surface area contributed by atoms with Gasteiger partial charge >= 0.3 is 21.2 Å². The van der Waals surface area contributed by atoms with Crippen molar-refractivity contribution in [1.29, 1.82) is 0 Å². The topological polar surface area (TPSA) is 0 Å². The molecule has 0 aliphatic carbocycles.